The molecule has 0 aliphatic rings. The second-order valence-corrected chi connectivity index (χ2v) is 10.6. The summed E-state index contributed by atoms with van der Waals surface area (Å²) in [5.74, 6) is 0.199. The number of ether oxygens (including phenoxy) is 2. The van der Waals surface area contributed by atoms with Gasteiger partial charge in [-0.05, 0) is 67.6 Å². The van der Waals surface area contributed by atoms with Crippen LogP contribution in [0.25, 0.3) is 22.3 Å². The predicted octanol–water partition coefficient (Wildman–Crippen LogP) is 4.91. The third kappa shape index (κ3) is 5.81. The van der Waals surface area contributed by atoms with E-state index in [0.29, 0.717) is 41.1 Å². The first kappa shape index (κ1) is 27.9. The first-order valence-electron chi connectivity index (χ1n) is 12.5. The summed E-state index contributed by atoms with van der Waals surface area (Å²) in [6, 6.07) is 19.6. The fourth-order valence-electron chi connectivity index (χ4n) is 4.06. The molecule has 4 rings (SSSR count). The highest BCUT2D eigenvalue weighted by molar-refractivity contribution is 7.89. The van der Waals surface area contributed by atoms with Gasteiger partial charge in [-0.3, -0.25) is 9.59 Å². The van der Waals surface area contributed by atoms with E-state index in [2.05, 4.69) is 5.32 Å². The Balaban J connectivity index is 1.60. The third-order valence-corrected chi connectivity index (χ3v) is 8.30. The van der Waals surface area contributed by atoms with E-state index < -0.39 is 27.5 Å². The van der Waals surface area contributed by atoms with Crippen LogP contribution in [0.15, 0.2) is 86.9 Å². The number of nitrogens with zero attached hydrogens (tertiary/aromatic N) is 1. The molecule has 4 aromatic rings. The van der Waals surface area contributed by atoms with Crippen molar-refractivity contribution < 1.29 is 27.1 Å². The number of carbonyl (C=O) groups is 1. The number of hydrogen-bond donors (Lipinski definition) is 1. The van der Waals surface area contributed by atoms with Crippen molar-refractivity contribution in [2.24, 2.45) is 0 Å². The summed E-state index contributed by atoms with van der Waals surface area (Å²) in [6.07, 6.45) is -1.08. The van der Waals surface area contributed by atoms with Crippen LogP contribution in [0.4, 0.5) is 5.69 Å². The van der Waals surface area contributed by atoms with Crippen molar-refractivity contribution >= 4 is 32.6 Å². The molecule has 1 unspecified atom stereocenters. The van der Waals surface area contributed by atoms with Gasteiger partial charge in [0.2, 0.25) is 21.2 Å². The summed E-state index contributed by atoms with van der Waals surface area (Å²) >= 11 is 0. The number of methoxy groups -OCH3 is 1. The van der Waals surface area contributed by atoms with Gasteiger partial charge in [-0.25, -0.2) is 8.42 Å². The zero-order valence-corrected chi connectivity index (χ0v) is 22.9. The molecule has 0 saturated heterocycles. The first-order chi connectivity index (χ1) is 18.7. The molecule has 10 heteroatoms. The maximum absolute atomic E-state index is 13.4. The van der Waals surface area contributed by atoms with Gasteiger partial charge in [0.15, 0.2) is 11.9 Å². The molecule has 1 N–H and O–H groups in total. The van der Waals surface area contributed by atoms with E-state index >= 15 is 0 Å². The van der Waals surface area contributed by atoms with Crippen LogP contribution in [-0.2, 0) is 14.8 Å². The second-order valence-electron chi connectivity index (χ2n) is 8.68. The molecular formula is C29H30N2O7S. The molecule has 39 heavy (non-hydrogen) atoms. The van der Waals surface area contributed by atoms with Crippen LogP contribution in [0.3, 0.4) is 0 Å². The highest BCUT2D eigenvalue weighted by Gasteiger charge is 2.24. The number of anilines is 1. The minimum atomic E-state index is -3.62. The highest BCUT2D eigenvalue weighted by atomic mass is 32.2. The standard InChI is InChI=1S/C29H30N2O7S/c1-5-31(6-2)39(34,35)23-17-13-21(14-18-23)30-29(33)19(3)37-28-26(32)24-9-7-8-10-25(24)38-27(28)20-11-15-22(36-4)16-12-20/h7-19H,5-6H2,1-4H3,(H,30,33). The molecule has 0 aliphatic carbocycles. The van der Waals surface area contributed by atoms with Crippen molar-refractivity contribution in [1.82, 2.24) is 4.31 Å². The topological polar surface area (TPSA) is 115 Å². The SMILES string of the molecule is CCN(CC)S(=O)(=O)c1ccc(NC(=O)C(C)Oc2c(-c3ccc(OC)cc3)oc3ccccc3c2=O)cc1. The Morgan fingerprint density at radius 2 is 1.62 bits per heavy atom. The van der Waals surface area contributed by atoms with Gasteiger partial charge in [0.1, 0.15) is 11.3 Å². The predicted molar refractivity (Wildman–Crippen MR) is 150 cm³/mol. The van der Waals surface area contributed by atoms with Crippen molar-refractivity contribution in [3.8, 4) is 22.8 Å². The van der Waals surface area contributed by atoms with Gasteiger partial charge < -0.3 is 19.2 Å². The Kier molecular flexibility index (Phi) is 8.37. The number of carbonyl (C=O) groups excluding carboxylic acids is 1. The number of sulfonamides is 1. The molecule has 1 aromatic heterocycles. The fraction of sp³-hybridized carbons (Fsp3) is 0.241. The molecule has 9 nitrogen and oxygen atoms in total. The average molecular weight is 551 g/mol. The van der Waals surface area contributed by atoms with Gasteiger partial charge in [0.25, 0.3) is 5.91 Å². The lowest BCUT2D eigenvalue weighted by atomic mass is 10.1. The summed E-state index contributed by atoms with van der Waals surface area (Å²) in [4.78, 5) is 26.5. The number of amides is 1. The monoisotopic (exact) mass is 550 g/mol. The second kappa shape index (κ2) is 11.7. The number of rotatable bonds is 10. The zero-order valence-electron chi connectivity index (χ0n) is 22.1. The number of para-hydroxylation sites is 1. The van der Waals surface area contributed by atoms with Crippen molar-refractivity contribution in [2.75, 3.05) is 25.5 Å². The van der Waals surface area contributed by atoms with E-state index in [4.69, 9.17) is 13.9 Å². The van der Waals surface area contributed by atoms with Crippen molar-refractivity contribution in [3.05, 3.63) is 83.0 Å². The molecule has 0 radical (unpaired) electrons. The Morgan fingerprint density at radius 3 is 2.23 bits per heavy atom. The largest absolute Gasteiger partial charge is 0.497 e. The lowest BCUT2D eigenvalue weighted by Crippen LogP contribution is -2.32. The third-order valence-electron chi connectivity index (χ3n) is 6.24. The molecule has 1 amide bonds. The molecule has 0 bridgehead atoms. The Labute approximate surface area is 227 Å². The van der Waals surface area contributed by atoms with Crippen LogP contribution in [0.1, 0.15) is 20.8 Å². The Hall–Kier alpha value is -4.15. The molecule has 0 aliphatic heterocycles. The van der Waals surface area contributed by atoms with Crippen LogP contribution in [0, 0.1) is 0 Å². The van der Waals surface area contributed by atoms with Crippen molar-refractivity contribution in [2.45, 2.75) is 31.8 Å². The molecule has 0 saturated carbocycles. The zero-order chi connectivity index (χ0) is 28.2. The van der Waals surface area contributed by atoms with E-state index in [9.17, 15) is 18.0 Å². The number of benzene rings is 3. The van der Waals surface area contributed by atoms with Gasteiger partial charge in [-0.1, -0.05) is 26.0 Å². The molecule has 0 fully saturated rings. The van der Waals surface area contributed by atoms with E-state index in [-0.39, 0.29) is 16.4 Å². The van der Waals surface area contributed by atoms with Gasteiger partial charge in [0.05, 0.1) is 17.4 Å². The molecule has 204 valence electrons. The van der Waals surface area contributed by atoms with Gasteiger partial charge in [0, 0.05) is 24.3 Å². The Morgan fingerprint density at radius 1 is 0.974 bits per heavy atom. The van der Waals surface area contributed by atoms with Crippen molar-refractivity contribution in [3.63, 3.8) is 0 Å². The van der Waals surface area contributed by atoms with E-state index in [0.717, 1.165) is 0 Å². The molecule has 1 atom stereocenters. The average Bonchev–Trinajstić information content (AvgIpc) is 2.95. The van der Waals surface area contributed by atoms with Gasteiger partial charge in [-0.15, -0.1) is 0 Å². The number of fused-ring (bicyclic) bond motifs is 1. The summed E-state index contributed by atoms with van der Waals surface area (Å²) < 4.78 is 44.0. The van der Waals surface area contributed by atoms with E-state index in [1.54, 1.807) is 69.5 Å². The van der Waals surface area contributed by atoms with Crippen molar-refractivity contribution in [1.29, 1.82) is 0 Å². The van der Waals surface area contributed by atoms with Crippen LogP contribution in [0.2, 0.25) is 0 Å². The fourth-order valence-corrected chi connectivity index (χ4v) is 5.52. The minimum Gasteiger partial charge on any atom is -0.497 e. The highest BCUT2D eigenvalue weighted by Crippen LogP contribution is 2.32. The number of hydrogen-bond acceptors (Lipinski definition) is 7. The van der Waals surface area contributed by atoms with Gasteiger partial charge in [-0.2, -0.15) is 4.31 Å². The smallest absolute Gasteiger partial charge is 0.265 e. The molecule has 0 spiro atoms. The summed E-state index contributed by atoms with van der Waals surface area (Å²) in [6.45, 7) is 5.77. The van der Waals surface area contributed by atoms with Gasteiger partial charge >= 0.3 is 0 Å². The van der Waals surface area contributed by atoms with Crippen LogP contribution in [-0.4, -0.2) is 44.9 Å². The van der Waals surface area contributed by atoms with Crippen LogP contribution in [0.5, 0.6) is 11.5 Å². The first-order valence-corrected chi connectivity index (χ1v) is 13.9. The van der Waals surface area contributed by atoms with E-state index in [1.165, 1.54) is 35.5 Å². The maximum Gasteiger partial charge on any atom is 0.265 e. The normalized spacial score (nSPS) is 12.3. The summed E-state index contributed by atoms with van der Waals surface area (Å²) in [7, 11) is -2.07. The molecule has 1 heterocycles. The maximum atomic E-state index is 13.4. The Bertz CT molecular complexity index is 1630. The molecule has 3 aromatic carbocycles. The molecular weight excluding hydrogens is 520 g/mol. The summed E-state index contributed by atoms with van der Waals surface area (Å²) in [5, 5.41) is 3.03. The summed E-state index contributed by atoms with van der Waals surface area (Å²) in [5.41, 5.74) is 0.937. The lowest BCUT2D eigenvalue weighted by Gasteiger charge is -2.19. The quantitative estimate of drug-likeness (QED) is 0.298. The number of nitrogens with one attached hydrogen (secondary N) is 1. The lowest BCUT2D eigenvalue weighted by molar-refractivity contribution is -0.122. The minimum absolute atomic E-state index is 0.0952. The van der Waals surface area contributed by atoms with Crippen LogP contribution < -0.4 is 20.2 Å². The van der Waals surface area contributed by atoms with E-state index in [1.807, 2.05) is 0 Å². The van der Waals surface area contributed by atoms with Crippen LogP contribution >= 0.6 is 0 Å².